The average molecular weight is 617 g/mol. The molecule has 0 rings (SSSR count). The van der Waals surface area contributed by atoms with E-state index in [2.05, 4.69) is 21.3 Å². The van der Waals surface area contributed by atoms with Crippen LogP contribution in [0.1, 0.15) is 65.2 Å². The van der Waals surface area contributed by atoms with Gasteiger partial charge in [-0.3, -0.25) is 33.6 Å². The van der Waals surface area contributed by atoms with E-state index in [1.807, 2.05) is 0 Å². The third kappa shape index (κ3) is 16.0. The zero-order chi connectivity index (χ0) is 33.3. The first-order chi connectivity index (χ1) is 20.0. The van der Waals surface area contributed by atoms with Crippen LogP contribution in [-0.4, -0.2) is 94.3 Å². The van der Waals surface area contributed by atoms with E-state index in [0.717, 1.165) is 0 Å². The van der Waals surface area contributed by atoms with E-state index in [0.29, 0.717) is 19.4 Å². The van der Waals surface area contributed by atoms with Crippen LogP contribution in [0.25, 0.3) is 0 Å². The van der Waals surface area contributed by atoms with Gasteiger partial charge in [0.05, 0.1) is 12.5 Å². The molecule has 0 saturated heterocycles. The van der Waals surface area contributed by atoms with Crippen molar-refractivity contribution >= 4 is 47.4 Å². The van der Waals surface area contributed by atoms with E-state index in [9.17, 15) is 43.5 Å². The molecule has 0 radical (unpaired) electrons. The summed E-state index contributed by atoms with van der Waals surface area (Å²) >= 11 is 0. The Labute approximate surface area is 248 Å². The molecular formula is C25H44N8O10. The van der Waals surface area contributed by atoms with Crippen LogP contribution in [-0.2, 0) is 38.4 Å². The topological polar surface area (TPSA) is 329 Å². The van der Waals surface area contributed by atoms with E-state index in [4.69, 9.17) is 28.0 Å². The first-order valence-electron chi connectivity index (χ1n) is 13.7. The molecule has 0 aliphatic rings. The number of hydrogen-bond donors (Lipinski definition) is 10. The Morgan fingerprint density at radius 1 is 0.651 bits per heavy atom. The summed E-state index contributed by atoms with van der Waals surface area (Å²) in [5.41, 5.74) is 21.4. The van der Waals surface area contributed by atoms with Gasteiger partial charge in [0, 0.05) is 12.8 Å². The molecule has 0 aromatic rings. The molecule has 244 valence electrons. The van der Waals surface area contributed by atoms with Crippen LogP contribution >= 0.6 is 0 Å². The van der Waals surface area contributed by atoms with Crippen LogP contribution in [0.15, 0.2) is 0 Å². The number of nitrogens with two attached hydrogens (primary N) is 4. The maximum absolute atomic E-state index is 13.2. The summed E-state index contributed by atoms with van der Waals surface area (Å²) in [7, 11) is 0. The van der Waals surface area contributed by atoms with Crippen molar-refractivity contribution in [2.75, 3.05) is 6.54 Å². The SMILES string of the molecule is CC(C)[C@H](NC(=O)[C@@H](N)CCC(N)=O)C(=O)N[C@@H](CCC(=O)O)C(=O)N[C@@H](CC(N)=O)C(=O)N[C@@H](CCCCN)C(=O)O. The van der Waals surface area contributed by atoms with Crippen molar-refractivity contribution in [1.82, 2.24) is 21.3 Å². The lowest BCUT2D eigenvalue weighted by Crippen LogP contribution is -2.59. The molecule has 0 aliphatic heterocycles. The molecule has 6 amide bonds. The first-order valence-corrected chi connectivity index (χ1v) is 13.7. The van der Waals surface area contributed by atoms with Gasteiger partial charge in [-0.25, -0.2) is 4.79 Å². The Kier molecular flexibility index (Phi) is 17.8. The predicted molar refractivity (Wildman–Crippen MR) is 150 cm³/mol. The predicted octanol–water partition coefficient (Wildman–Crippen LogP) is -3.87. The second kappa shape index (κ2) is 19.7. The Hall–Kier alpha value is -4.32. The number of carbonyl (C=O) groups excluding carboxylic acids is 6. The summed E-state index contributed by atoms with van der Waals surface area (Å²) in [5, 5.41) is 27.8. The van der Waals surface area contributed by atoms with Crippen molar-refractivity contribution in [2.24, 2.45) is 28.9 Å². The highest BCUT2D eigenvalue weighted by atomic mass is 16.4. The van der Waals surface area contributed by atoms with Crippen molar-refractivity contribution in [3.05, 3.63) is 0 Å². The smallest absolute Gasteiger partial charge is 0.326 e. The number of carbonyl (C=O) groups is 8. The van der Waals surface area contributed by atoms with E-state index in [-0.39, 0.29) is 19.3 Å². The zero-order valence-corrected chi connectivity index (χ0v) is 24.3. The maximum atomic E-state index is 13.2. The lowest BCUT2D eigenvalue weighted by Gasteiger charge is -2.27. The fraction of sp³-hybridized carbons (Fsp3) is 0.680. The highest BCUT2D eigenvalue weighted by molar-refractivity contribution is 5.97. The number of aliphatic carboxylic acids is 2. The van der Waals surface area contributed by atoms with E-state index >= 15 is 0 Å². The molecule has 0 fully saturated rings. The number of carboxylic acids is 2. The molecular weight excluding hydrogens is 572 g/mol. The van der Waals surface area contributed by atoms with Crippen molar-refractivity contribution in [3.8, 4) is 0 Å². The van der Waals surface area contributed by atoms with Crippen molar-refractivity contribution < 1.29 is 48.6 Å². The van der Waals surface area contributed by atoms with Crippen molar-refractivity contribution in [1.29, 1.82) is 0 Å². The van der Waals surface area contributed by atoms with Gasteiger partial charge in [-0.1, -0.05) is 13.8 Å². The number of carboxylic acid groups (broad SMARTS) is 2. The molecule has 18 heteroatoms. The minimum atomic E-state index is -1.66. The molecule has 0 aromatic heterocycles. The molecule has 14 N–H and O–H groups in total. The molecule has 0 aliphatic carbocycles. The number of hydrogen-bond acceptors (Lipinski definition) is 10. The Morgan fingerprint density at radius 2 is 1.21 bits per heavy atom. The largest absolute Gasteiger partial charge is 0.481 e. The number of rotatable bonds is 22. The molecule has 0 unspecified atom stereocenters. The van der Waals surface area contributed by atoms with Crippen LogP contribution in [0, 0.1) is 5.92 Å². The van der Waals surface area contributed by atoms with Gasteiger partial charge in [0.15, 0.2) is 0 Å². The quantitative estimate of drug-likeness (QED) is 0.0522. The zero-order valence-electron chi connectivity index (χ0n) is 24.3. The monoisotopic (exact) mass is 616 g/mol. The van der Waals surface area contributed by atoms with E-state index in [1.54, 1.807) is 13.8 Å². The third-order valence-electron chi connectivity index (χ3n) is 6.17. The van der Waals surface area contributed by atoms with E-state index in [1.165, 1.54) is 0 Å². The van der Waals surface area contributed by atoms with Gasteiger partial charge in [-0.2, -0.15) is 0 Å². The minimum absolute atomic E-state index is 0.0152. The minimum Gasteiger partial charge on any atom is -0.481 e. The van der Waals surface area contributed by atoms with Crippen LogP contribution in [0.3, 0.4) is 0 Å². The second-order valence-corrected chi connectivity index (χ2v) is 10.3. The lowest BCUT2D eigenvalue weighted by molar-refractivity contribution is -0.142. The normalized spacial score (nSPS) is 14.3. The summed E-state index contributed by atoms with van der Waals surface area (Å²) in [6.07, 6.45) is -1.17. The highest BCUT2D eigenvalue weighted by Crippen LogP contribution is 2.08. The van der Waals surface area contributed by atoms with Gasteiger partial charge in [0.25, 0.3) is 0 Å². The Morgan fingerprint density at radius 3 is 1.70 bits per heavy atom. The van der Waals surface area contributed by atoms with Crippen molar-refractivity contribution in [2.45, 2.75) is 95.4 Å². The highest BCUT2D eigenvalue weighted by Gasteiger charge is 2.33. The third-order valence-corrected chi connectivity index (χ3v) is 6.17. The molecule has 5 atom stereocenters. The summed E-state index contributed by atoms with van der Waals surface area (Å²) in [5.74, 6) is -8.70. The van der Waals surface area contributed by atoms with E-state index < -0.39 is 103 Å². The fourth-order valence-electron chi connectivity index (χ4n) is 3.73. The summed E-state index contributed by atoms with van der Waals surface area (Å²) < 4.78 is 0. The fourth-order valence-corrected chi connectivity index (χ4v) is 3.73. The molecule has 0 saturated carbocycles. The maximum Gasteiger partial charge on any atom is 0.326 e. The van der Waals surface area contributed by atoms with Gasteiger partial charge >= 0.3 is 11.9 Å². The average Bonchev–Trinajstić information content (AvgIpc) is 2.90. The number of primary amides is 2. The standard InChI is InChI=1S/C25H44N8O10/c1-12(2)20(33-21(38)13(27)6-8-17(28)34)24(41)30-14(7-9-19(36)37)22(39)32-16(11-18(29)35)23(40)31-15(25(42)43)5-3-4-10-26/h12-16,20H,3-11,26-27H2,1-2H3,(H2,28,34)(H2,29,35)(H,30,41)(H,31,40)(H,32,39)(H,33,38)(H,36,37)(H,42,43)/t13-,14-,15-,16-,20-/m0/s1. The van der Waals surface area contributed by atoms with Crippen LogP contribution in [0.5, 0.6) is 0 Å². The Bertz CT molecular complexity index is 1020. The van der Waals surface area contributed by atoms with Gasteiger partial charge in [-0.05, 0) is 44.6 Å². The van der Waals surface area contributed by atoms with Crippen LogP contribution in [0.2, 0.25) is 0 Å². The molecule has 0 heterocycles. The van der Waals surface area contributed by atoms with Gasteiger partial charge in [0.1, 0.15) is 24.2 Å². The van der Waals surface area contributed by atoms with Gasteiger partial charge in [-0.15, -0.1) is 0 Å². The van der Waals surface area contributed by atoms with Crippen LogP contribution < -0.4 is 44.2 Å². The lowest BCUT2D eigenvalue weighted by atomic mass is 10.0. The van der Waals surface area contributed by atoms with Gasteiger partial charge in [0.2, 0.25) is 35.4 Å². The van der Waals surface area contributed by atoms with Crippen LogP contribution in [0.4, 0.5) is 0 Å². The molecule has 0 spiro atoms. The molecule has 18 nitrogen and oxygen atoms in total. The van der Waals surface area contributed by atoms with Crippen molar-refractivity contribution in [3.63, 3.8) is 0 Å². The number of unbranched alkanes of at least 4 members (excludes halogenated alkanes) is 1. The Balaban J connectivity index is 5.84. The molecule has 43 heavy (non-hydrogen) atoms. The first kappa shape index (κ1) is 38.7. The van der Waals surface area contributed by atoms with Gasteiger partial charge < -0.3 is 54.4 Å². The summed E-state index contributed by atoms with van der Waals surface area (Å²) in [6.45, 7) is 3.45. The number of nitrogens with one attached hydrogen (secondary N) is 4. The second-order valence-electron chi connectivity index (χ2n) is 10.3. The number of amides is 6. The molecule has 0 bridgehead atoms. The summed E-state index contributed by atoms with van der Waals surface area (Å²) in [4.78, 5) is 97.0. The molecule has 0 aromatic carbocycles. The summed E-state index contributed by atoms with van der Waals surface area (Å²) in [6, 6.07) is -7.01.